The van der Waals surface area contributed by atoms with E-state index in [1.807, 2.05) is 14.0 Å². The maximum absolute atomic E-state index is 12.4. The number of halogens is 1. The van der Waals surface area contributed by atoms with E-state index in [4.69, 9.17) is 21.1 Å². The monoisotopic (exact) mass is 408 g/mol. The Morgan fingerprint density at radius 2 is 2.07 bits per heavy atom. The summed E-state index contributed by atoms with van der Waals surface area (Å²) in [5, 5.41) is 0.379. The molecule has 0 N–H and O–H groups in total. The van der Waals surface area contributed by atoms with Crippen molar-refractivity contribution in [2.45, 2.75) is 76.1 Å². The van der Waals surface area contributed by atoms with Gasteiger partial charge in [0.05, 0.1) is 13.2 Å². The van der Waals surface area contributed by atoms with Gasteiger partial charge in [-0.25, -0.2) is 4.98 Å². The predicted octanol–water partition coefficient (Wildman–Crippen LogP) is 3.06. The summed E-state index contributed by atoms with van der Waals surface area (Å²) in [4.78, 5) is 25.7. The number of hydrogen-bond donors (Lipinski definition) is 0. The summed E-state index contributed by atoms with van der Waals surface area (Å²) >= 11 is 6.26. The van der Waals surface area contributed by atoms with Crippen molar-refractivity contribution in [1.82, 2.24) is 14.9 Å². The minimum Gasteiger partial charge on any atom is -0.472 e. The molecule has 2 bridgehead atoms. The Hall–Kier alpha value is -1.60. The van der Waals surface area contributed by atoms with Crippen LogP contribution in [0.5, 0.6) is 5.88 Å². The van der Waals surface area contributed by atoms with Crippen molar-refractivity contribution in [3.63, 3.8) is 0 Å². The molecule has 0 saturated carbocycles. The van der Waals surface area contributed by atoms with E-state index in [2.05, 4.69) is 19.8 Å². The zero-order valence-electron chi connectivity index (χ0n) is 16.6. The van der Waals surface area contributed by atoms with Crippen molar-refractivity contribution in [2.24, 2.45) is 0 Å². The lowest BCUT2D eigenvalue weighted by molar-refractivity contribution is -0.140. The molecule has 3 saturated heterocycles. The van der Waals surface area contributed by atoms with E-state index in [1.54, 1.807) is 6.07 Å². The number of nitrogens with zero attached hydrogens (tertiary/aromatic N) is 4. The summed E-state index contributed by atoms with van der Waals surface area (Å²) in [6, 6.07) is 2.59. The number of aromatic nitrogens is 2. The normalized spacial score (nSPS) is 29.6. The van der Waals surface area contributed by atoms with Crippen molar-refractivity contribution in [3.05, 3.63) is 11.2 Å². The van der Waals surface area contributed by atoms with Crippen molar-refractivity contribution in [3.8, 4) is 5.88 Å². The largest absolute Gasteiger partial charge is 0.472 e. The summed E-state index contributed by atoms with van der Waals surface area (Å²) in [6.45, 7) is 3.25. The van der Waals surface area contributed by atoms with Crippen LogP contribution >= 0.6 is 11.6 Å². The Balaban J connectivity index is 1.49. The maximum atomic E-state index is 12.4. The van der Waals surface area contributed by atoms with Crippen LogP contribution in [0.25, 0.3) is 0 Å². The van der Waals surface area contributed by atoms with Gasteiger partial charge in [-0.05, 0) is 32.1 Å². The van der Waals surface area contributed by atoms with Crippen LogP contribution in [-0.2, 0) is 9.53 Å². The predicted molar refractivity (Wildman–Crippen MR) is 107 cm³/mol. The van der Waals surface area contributed by atoms with Crippen LogP contribution in [0.2, 0.25) is 5.15 Å². The molecule has 7 nitrogen and oxygen atoms in total. The standard InChI is InChI=1S/C20H29ClN4O3/c1-3-19(26)25-13-5-4-6-14(25)10-15(9-13)24(2)20-22-17(21)11-18(23-20)28-16-7-8-27-12-16/h11,13-16H,3-10,12H2,1-2H3/t13-,14+,15?,16-/m0/s1. The van der Waals surface area contributed by atoms with Gasteiger partial charge < -0.3 is 19.3 Å². The second kappa shape index (κ2) is 8.41. The molecule has 1 amide bonds. The number of amides is 1. The topological polar surface area (TPSA) is 67.8 Å². The molecule has 1 aromatic rings. The van der Waals surface area contributed by atoms with E-state index in [0.717, 1.165) is 32.1 Å². The van der Waals surface area contributed by atoms with Gasteiger partial charge in [-0.15, -0.1) is 0 Å². The molecule has 3 fully saturated rings. The lowest BCUT2D eigenvalue weighted by Crippen LogP contribution is -2.58. The van der Waals surface area contributed by atoms with Crippen molar-refractivity contribution < 1.29 is 14.3 Å². The third-order valence-electron chi connectivity index (χ3n) is 6.24. The van der Waals surface area contributed by atoms with E-state index >= 15 is 0 Å². The number of piperidine rings is 2. The maximum Gasteiger partial charge on any atom is 0.230 e. The lowest BCUT2D eigenvalue weighted by atomic mass is 9.81. The average molecular weight is 409 g/mol. The molecule has 8 heteroatoms. The zero-order chi connectivity index (χ0) is 19.7. The fraction of sp³-hybridized carbons (Fsp3) is 0.750. The SMILES string of the molecule is CCC(=O)N1[C@@H]2CCC[C@H]1CC(N(C)c1nc(Cl)cc(O[C@H]3CCOC3)n1)C2. The average Bonchev–Trinajstić information content (AvgIpc) is 3.18. The first-order valence-corrected chi connectivity index (χ1v) is 10.8. The van der Waals surface area contributed by atoms with E-state index < -0.39 is 0 Å². The van der Waals surface area contributed by atoms with Gasteiger partial charge in [0, 0.05) is 44.1 Å². The van der Waals surface area contributed by atoms with E-state index in [9.17, 15) is 4.79 Å². The number of fused-ring (bicyclic) bond motifs is 2. The molecule has 0 aromatic carbocycles. The molecule has 3 aliphatic rings. The molecule has 3 aliphatic heterocycles. The van der Waals surface area contributed by atoms with Gasteiger partial charge in [-0.2, -0.15) is 4.98 Å². The Morgan fingerprint density at radius 1 is 1.32 bits per heavy atom. The summed E-state index contributed by atoms with van der Waals surface area (Å²) < 4.78 is 11.3. The Kier molecular flexibility index (Phi) is 5.92. The number of anilines is 1. The van der Waals surface area contributed by atoms with Crippen LogP contribution in [0.4, 0.5) is 5.95 Å². The number of ether oxygens (including phenoxy) is 2. The first kappa shape index (κ1) is 19.7. The van der Waals surface area contributed by atoms with Gasteiger partial charge in [0.2, 0.25) is 17.7 Å². The molecule has 4 heterocycles. The number of carbonyl (C=O) groups excluding carboxylic acids is 1. The Morgan fingerprint density at radius 3 is 2.71 bits per heavy atom. The fourth-order valence-corrected chi connectivity index (χ4v) is 4.97. The second-order valence-corrected chi connectivity index (χ2v) is 8.45. The van der Waals surface area contributed by atoms with Crippen molar-refractivity contribution >= 4 is 23.5 Å². The minimum absolute atomic E-state index is 0.0202. The highest BCUT2D eigenvalue weighted by molar-refractivity contribution is 6.29. The Bertz CT molecular complexity index is 699. The molecule has 1 aromatic heterocycles. The van der Waals surface area contributed by atoms with Crippen LogP contribution in [0.1, 0.15) is 51.9 Å². The second-order valence-electron chi connectivity index (χ2n) is 8.06. The fourth-order valence-electron chi connectivity index (χ4n) is 4.80. The molecule has 1 unspecified atom stereocenters. The smallest absolute Gasteiger partial charge is 0.230 e. The van der Waals surface area contributed by atoms with Gasteiger partial charge in [0.25, 0.3) is 0 Å². The quantitative estimate of drug-likeness (QED) is 0.697. The van der Waals surface area contributed by atoms with Crippen LogP contribution in [0, 0.1) is 0 Å². The van der Waals surface area contributed by atoms with E-state index in [0.29, 0.717) is 48.7 Å². The number of rotatable bonds is 5. The first-order chi connectivity index (χ1) is 13.5. The van der Waals surface area contributed by atoms with Gasteiger partial charge in [0.1, 0.15) is 11.3 Å². The van der Waals surface area contributed by atoms with Crippen LogP contribution in [0.15, 0.2) is 6.07 Å². The highest BCUT2D eigenvalue weighted by atomic mass is 35.5. The molecule has 0 aliphatic carbocycles. The Labute approximate surface area is 171 Å². The van der Waals surface area contributed by atoms with Crippen molar-refractivity contribution in [1.29, 1.82) is 0 Å². The molecule has 154 valence electrons. The zero-order valence-corrected chi connectivity index (χ0v) is 17.4. The van der Waals surface area contributed by atoms with E-state index in [-0.39, 0.29) is 18.1 Å². The third kappa shape index (κ3) is 4.06. The van der Waals surface area contributed by atoms with Gasteiger partial charge in [-0.1, -0.05) is 18.5 Å². The molecular weight excluding hydrogens is 380 g/mol. The van der Waals surface area contributed by atoms with Gasteiger partial charge >= 0.3 is 0 Å². The first-order valence-electron chi connectivity index (χ1n) is 10.4. The van der Waals surface area contributed by atoms with E-state index in [1.165, 1.54) is 6.42 Å². The summed E-state index contributed by atoms with van der Waals surface area (Å²) in [6.07, 6.45) is 6.72. The summed E-state index contributed by atoms with van der Waals surface area (Å²) in [7, 11) is 2.02. The lowest BCUT2D eigenvalue weighted by Gasteiger charge is -2.50. The van der Waals surface area contributed by atoms with Crippen LogP contribution in [-0.4, -0.2) is 65.3 Å². The molecule has 0 spiro atoms. The molecular formula is C20H29ClN4O3. The van der Waals surface area contributed by atoms with Gasteiger partial charge in [-0.3, -0.25) is 4.79 Å². The molecule has 4 atom stereocenters. The summed E-state index contributed by atoms with van der Waals surface area (Å²) in [5.41, 5.74) is 0. The van der Waals surface area contributed by atoms with Crippen LogP contribution in [0.3, 0.4) is 0 Å². The van der Waals surface area contributed by atoms with Gasteiger partial charge in [0.15, 0.2) is 0 Å². The van der Waals surface area contributed by atoms with Crippen molar-refractivity contribution in [2.75, 3.05) is 25.2 Å². The third-order valence-corrected chi connectivity index (χ3v) is 6.43. The molecule has 28 heavy (non-hydrogen) atoms. The minimum atomic E-state index is 0.0202. The highest BCUT2D eigenvalue weighted by Crippen LogP contribution is 2.37. The number of carbonyl (C=O) groups is 1. The molecule has 0 radical (unpaired) electrons. The highest BCUT2D eigenvalue weighted by Gasteiger charge is 2.41. The summed E-state index contributed by atoms with van der Waals surface area (Å²) in [5.74, 6) is 1.36. The van der Waals surface area contributed by atoms with Crippen LogP contribution < -0.4 is 9.64 Å². The number of hydrogen-bond acceptors (Lipinski definition) is 6. The molecule has 4 rings (SSSR count).